The number of rotatable bonds is 1. The lowest BCUT2D eigenvalue weighted by Crippen LogP contribution is -2.35. The zero-order chi connectivity index (χ0) is 16.8. The van der Waals surface area contributed by atoms with E-state index in [1.54, 1.807) is 0 Å². The van der Waals surface area contributed by atoms with Crippen molar-refractivity contribution in [3.63, 3.8) is 0 Å². The lowest BCUT2D eigenvalue weighted by atomic mass is 9.97. The summed E-state index contributed by atoms with van der Waals surface area (Å²) in [5.41, 5.74) is 4.70. The average Bonchev–Trinajstić information content (AvgIpc) is 2.59. The summed E-state index contributed by atoms with van der Waals surface area (Å²) in [5, 5.41) is 12.8. The molecule has 0 bridgehead atoms. The number of nitrogens with one attached hydrogen (secondary N) is 3. The van der Waals surface area contributed by atoms with E-state index in [0.29, 0.717) is 0 Å². The van der Waals surface area contributed by atoms with Crippen LogP contribution in [0.25, 0.3) is 16.3 Å². The van der Waals surface area contributed by atoms with Gasteiger partial charge < -0.3 is 16.0 Å². The summed E-state index contributed by atoms with van der Waals surface area (Å²) < 4.78 is 0. The zero-order valence-electron chi connectivity index (χ0n) is 14.5. The fourth-order valence-electron chi connectivity index (χ4n) is 3.12. The first-order valence-electron chi connectivity index (χ1n) is 8.62. The number of fused-ring (bicyclic) bond motifs is 1. The van der Waals surface area contributed by atoms with Crippen LogP contribution in [0.1, 0.15) is 19.4 Å². The highest BCUT2D eigenvalue weighted by Gasteiger charge is 2.11. The summed E-state index contributed by atoms with van der Waals surface area (Å²) in [5.74, 6) is 0. The largest absolute Gasteiger partial charge is 0.387 e. The summed E-state index contributed by atoms with van der Waals surface area (Å²) >= 11 is 0. The maximum Gasteiger partial charge on any atom is 0.0518 e. The Morgan fingerprint density at radius 1 is 0.875 bits per heavy atom. The maximum atomic E-state index is 4.77. The van der Waals surface area contributed by atoms with Crippen LogP contribution in [0.2, 0.25) is 0 Å². The molecule has 0 aliphatic carbocycles. The van der Waals surface area contributed by atoms with Gasteiger partial charge in [-0.2, -0.15) is 0 Å². The standard InChI is InChI=1S/C20H26N4/c1-15-20(16(2)24-12-10-22-14-21-9-11-23-15)19-8-7-17-5-3-4-6-18(17)13-19/h3-8,13,21-23H,9-12,14H2,1-2H3/b20-15+,24-16?. The molecule has 4 heteroatoms. The fraction of sp³-hybridized carbons (Fsp3) is 0.350. The summed E-state index contributed by atoms with van der Waals surface area (Å²) in [6, 6.07) is 15.1. The van der Waals surface area contributed by atoms with Crippen molar-refractivity contribution >= 4 is 22.1 Å². The van der Waals surface area contributed by atoms with Crippen molar-refractivity contribution < 1.29 is 0 Å². The molecule has 0 atom stereocenters. The van der Waals surface area contributed by atoms with Crippen molar-refractivity contribution in [2.75, 3.05) is 32.8 Å². The van der Waals surface area contributed by atoms with Gasteiger partial charge in [-0.1, -0.05) is 36.4 Å². The summed E-state index contributed by atoms with van der Waals surface area (Å²) in [6.45, 7) is 8.60. The molecular weight excluding hydrogens is 296 g/mol. The second-order valence-electron chi connectivity index (χ2n) is 6.13. The number of allylic oxidation sites excluding steroid dienone is 2. The molecule has 2 aromatic carbocycles. The minimum atomic E-state index is 0.790. The Kier molecular flexibility index (Phi) is 5.62. The lowest BCUT2D eigenvalue weighted by Gasteiger charge is -2.17. The number of aliphatic imine (C=N–C) groups is 1. The summed E-state index contributed by atoms with van der Waals surface area (Å²) in [4.78, 5) is 4.77. The fourth-order valence-corrected chi connectivity index (χ4v) is 3.12. The second-order valence-corrected chi connectivity index (χ2v) is 6.13. The van der Waals surface area contributed by atoms with Gasteiger partial charge in [0.15, 0.2) is 0 Å². The van der Waals surface area contributed by atoms with Crippen molar-refractivity contribution in [1.82, 2.24) is 16.0 Å². The van der Waals surface area contributed by atoms with Crippen LogP contribution < -0.4 is 16.0 Å². The van der Waals surface area contributed by atoms with Crippen LogP contribution in [-0.2, 0) is 0 Å². The topological polar surface area (TPSA) is 48.5 Å². The Morgan fingerprint density at radius 3 is 2.54 bits per heavy atom. The van der Waals surface area contributed by atoms with Crippen molar-refractivity contribution in [3.05, 3.63) is 53.7 Å². The van der Waals surface area contributed by atoms with Gasteiger partial charge in [0.1, 0.15) is 0 Å². The third kappa shape index (κ3) is 4.02. The number of hydrogen-bond acceptors (Lipinski definition) is 4. The molecular formula is C20H26N4. The monoisotopic (exact) mass is 322 g/mol. The van der Waals surface area contributed by atoms with E-state index in [1.807, 2.05) is 0 Å². The normalized spacial score (nSPS) is 20.7. The van der Waals surface area contributed by atoms with Crippen molar-refractivity contribution in [3.8, 4) is 0 Å². The van der Waals surface area contributed by atoms with Gasteiger partial charge in [0.25, 0.3) is 0 Å². The molecule has 0 spiro atoms. The van der Waals surface area contributed by atoms with E-state index in [4.69, 9.17) is 4.99 Å². The predicted molar refractivity (Wildman–Crippen MR) is 103 cm³/mol. The van der Waals surface area contributed by atoms with E-state index in [1.165, 1.54) is 27.6 Å². The summed E-state index contributed by atoms with van der Waals surface area (Å²) in [7, 11) is 0. The lowest BCUT2D eigenvalue weighted by molar-refractivity contribution is 0.576. The van der Waals surface area contributed by atoms with Crippen LogP contribution in [0.3, 0.4) is 0 Å². The molecule has 0 radical (unpaired) electrons. The Hall–Kier alpha value is -2.17. The molecule has 126 valence electrons. The smallest absolute Gasteiger partial charge is 0.0518 e. The Morgan fingerprint density at radius 2 is 1.67 bits per heavy atom. The highest BCUT2D eigenvalue weighted by atomic mass is 15.1. The quantitative estimate of drug-likeness (QED) is 0.757. The molecule has 24 heavy (non-hydrogen) atoms. The van der Waals surface area contributed by atoms with Gasteiger partial charge in [0.05, 0.1) is 6.54 Å². The van der Waals surface area contributed by atoms with E-state index in [0.717, 1.165) is 38.6 Å². The molecule has 0 saturated heterocycles. The van der Waals surface area contributed by atoms with Gasteiger partial charge in [-0.3, -0.25) is 4.99 Å². The van der Waals surface area contributed by atoms with Gasteiger partial charge >= 0.3 is 0 Å². The molecule has 0 aromatic heterocycles. The molecule has 2 aromatic rings. The second kappa shape index (κ2) is 8.08. The molecule has 1 heterocycles. The van der Waals surface area contributed by atoms with Crippen LogP contribution in [0.5, 0.6) is 0 Å². The first-order valence-corrected chi connectivity index (χ1v) is 8.62. The Balaban J connectivity index is 2.01. The molecule has 3 rings (SSSR count). The molecule has 3 N–H and O–H groups in total. The van der Waals surface area contributed by atoms with Gasteiger partial charge in [0.2, 0.25) is 0 Å². The molecule has 0 saturated carbocycles. The average molecular weight is 322 g/mol. The van der Waals surface area contributed by atoms with Gasteiger partial charge in [0, 0.05) is 43.3 Å². The van der Waals surface area contributed by atoms with Crippen LogP contribution in [0, 0.1) is 0 Å². The van der Waals surface area contributed by atoms with Crippen LogP contribution in [-0.4, -0.2) is 38.6 Å². The van der Waals surface area contributed by atoms with Gasteiger partial charge in [-0.05, 0) is 36.2 Å². The predicted octanol–water partition coefficient (Wildman–Crippen LogP) is 2.77. The number of hydrogen-bond donors (Lipinski definition) is 3. The van der Waals surface area contributed by atoms with Crippen LogP contribution in [0.15, 0.2) is 53.2 Å². The van der Waals surface area contributed by atoms with Crippen molar-refractivity contribution in [2.45, 2.75) is 13.8 Å². The van der Waals surface area contributed by atoms with E-state index >= 15 is 0 Å². The van der Waals surface area contributed by atoms with Crippen molar-refractivity contribution in [2.24, 2.45) is 4.99 Å². The van der Waals surface area contributed by atoms with E-state index in [2.05, 4.69) is 72.3 Å². The molecule has 0 amide bonds. The maximum absolute atomic E-state index is 4.77. The van der Waals surface area contributed by atoms with E-state index in [-0.39, 0.29) is 0 Å². The van der Waals surface area contributed by atoms with Crippen LogP contribution in [0.4, 0.5) is 0 Å². The van der Waals surface area contributed by atoms with Gasteiger partial charge in [-0.25, -0.2) is 0 Å². The molecule has 4 nitrogen and oxygen atoms in total. The van der Waals surface area contributed by atoms with E-state index in [9.17, 15) is 0 Å². The number of nitrogens with zero attached hydrogens (tertiary/aromatic N) is 1. The first kappa shape index (κ1) is 16.7. The van der Waals surface area contributed by atoms with Crippen LogP contribution >= 0.6 is 0 Å². The highest BCUT2D eigenvalue weighted by Crippen LogP contribution is 2.24. The summed E-state index contributed by atoms with van der Waals surface area (Å²) in [6.07, 6.45) is 0. The minimum absolute atomic E-state index is 0.790. The van der Waals surface area contributed by atoms with Gasteiger partial charge in [-0.15, -0.1) is 0 Å². The third-order valence-corrected chi connectivity index (χ3v) is 4.35. The highest BCUT2D eigenvalue weighted by molar-refractivity contribution is 6.23. The molecule has 0 fully saturated rings. The zero-order valence-corrected chi connectivity index (χ0v) is 14.5. The molecule has 1 aliphatic rings. The SMILES string of the molecule is CC1=NCCNCNCCN/C(C)=C\1c1ccc2ccccc2c1. The van der Waals surface area contributed by atoms with E-state index < -0.39 is 0 Å². The first-order chi connectivity index (χ1) is 11.8. The molecule has 1 aliphatic heterocycles. The minimum Gasteiger partial charge on any atom is -0.387 e. The molecule has 0 unspecified atom stereocenters. The number of benzene rings is 2. The van der Waals surface area contributed by atoms with Crippen molar-refractivity contribution in [1.29, 1.82) is 0 Å². The third-order valence-electron chi connectivity index (χ3n) is 4.35. The Bertz CT molecular complexity index is 761. The Labute approximate surface area is 144 Å².